The lowest BCUT2D eigenvalue weighted by Crippen LogP contribution is -2.14. The number of aromatic nitrogens is 3. The third-order valence-electron chi connectivity index (χ3n) is 4.56. The number of hydrogen-bond acceptors (Lipinski definition) is 6. The number of benzene rings is 1. The first-order valence-corrected chi connectivity index (χ1v) is 10.9. The molecule has 0 aliphatic carbocycles. The molecule has 3 aromatic rings. The van der Waals surface area contributed by atoms with E-state index in [0.717, 1.165) is 5.56 Å². The summed E-state index contributed by atoms with van der Waals surface area (Å²) in [6.45, 7) is 3.55. The van der Waals surface area contributed by atoms with Crippen LogP contribution in [0, 0.1) is 6.92 Å². The zero-order valence-electron chi connectivity index (χ0n) is 16.8. The fraction of sp³-hybridized carbons (Fsp3) is 0.286. The molecule has 0 atom stereocenters. The number of sulfone groups is 1. The highest BCUT2D eigenvalue weighted by atomic mass is 32.2. The fourth-order valence-electron chi connectivity index (χ4n) is 2.91. The van der Waals surface area contributed by atoms with Crippen molar-refractivity contribution in [2.75, 3.05) is 12.9 Å². The SMILES string of the molecule is CCS(=O)(=O)Cc1cc(-c2ccc(=O)n(C)c2)nc(-c2cc(C)ccc2OC)n1. The van der Waals surface area contributed by atoms with Gasteiger partial charge in [-0.25, -0.2) is 18.4 Å². The van der Waals surface area contributed by atoms with Crippen molar-refractivity contribution >= 4 is 9.84 Å². The number of ether oxygens (including phenoxy) is 1. The Labute approximate surface area is 170 Å². The number of methoxy groups -OCH3 is 1. The van der Waals surface area contributed by atoms with E-state index in [4.69, 9.17) is 4.74 Å². The van der Waals surface area contributed by atoms with Crippen molar-refractivity contribution in [2.24, 2.45) is 7.05 Å². The van der Waals surface area contributed by atoms with Crippen LogP contribution in [0.15, 0.2) is 47.4 Å². The molecule has 0 N–H and O–H groups in total. The standard InChI is InChI=1S/C21H23N3O4S/c1-5-29(26,27)13-16-11-18(15-7-9-20(25)24(3)12-15)23-21(22-16)17-10-14(2)6-8-19(17)28-4/h6-12H,5,13H2,1-4H3. The van der Waals surface area contributed by atoms with Gasteiger partial charge in [-0.05, 0) is 31.2 Å². The van der Waals surface area contributed by atoms with Crippen LogP contribution in [0.4, 0.5) is 0 Å². The lowest BCUT2D eigenvalue weighted by atomic mass is 10.1. The van der Waals surface area contributed by atoms with Gasteiger partial charge >= 0.3 is 0 Å². The Kier molecular flexibility index (Phi) is 5.83. The second-order valence-electron chi connectivity index (χ2n) is 6.82. The molecule has 8 heteroatoms. The van der Waals surface area contributed by atoms with Crippen molar-refractivity contribution in [3.05, 3.63) is 64.2 Å². The van der Waals surface area contributed by atoms with Crippen molar-refractivity contribution < 1.29 is 13.2 Å². The van der Waals surface area contributed by atoms with Crippen molar-refractivity contribution in [2.45, 2.75) is 19.6 Å². The minimum atomic E-state index is -3.29. The summed E-state index contributed by atoms with van der Waals surface area (Å²) in [5.41, 5.74) is 3.16. The molecular weight excluding hydrogens is 390 g/mol. The van der Waals surface area contributed by atoms with Gasteiger partial charge in [0.1, 0.15) is 5.75 Å². The summed E-state index contributed by atoms with van der Waals surface area (Å²) in [6.07, 6.45) is 1.67. The van der Waals surface area contributed by atoms with E-state index < -0.39 is 9.84 Å². The molecule has 0 unspecified atom stereocenters. The maximum Gasteiger partial charge on any atom is 0.250 e. The van der Waals surface area contributed by atoms with Crippen LogP contribution in [0.2, 0.25) is 0 Å². The molecule has 0 bridgehead atoms. The Morgan fingerprint density at radius 2 is 1.86 bits per heavy atom. The molecule has 0 amide bonds. The highest BCUT2D eigenvalue weighted by molar-refractivity contribution is 7.90. The molecule has 0 saturated carbocycles. The Morgan fingerprint density at radius 1 is 1.10 bits per heavy atom. The molecule has 3 rings (SSSR count). The second kappa shape index (κ2) is 8.16. The van der Waals surface area contributed by atoms with Crippen molar-refractivity contribution in [3.8, 4) is 28.4 Å². The van der Waals surface area contributed by atoms with E-state index in [9.17, 15) is 13.2 Å². The van der Waals surface area contributed by atoms with Gasteiger partial charge in [-0.3, -0.25) is 4.79 Å². The first kappa shape index (κ1) is 20.7. The fourth-order valence-corrected chi connectivity index (χ4v) is 3.71. The number of rotatable bonds is 6. The normalized spacial score (nSPS) is 11.4. The zero-order chi connectivity index (χ0) is 21.2. The van der Waals surface area contributed by atoms with E-state index >= 15 is 0 Å². The van der Waals surface area contributed by atoms with Crippen LogP contribution in [-0.2, 0) is 22.6 Å². The average molecular weight is 413 g/mol. The van der Waals surface area contributed by atoms with Gasteiger partial charge in [0.25, 0.3) is 0 Å². The monoisotopic (exact) mass is 413 g/mol. The summed E-state index contributed by atoms with van der Waals surface area (Å²) < 4.78 is 31.3. The quantitative estimate of drug-likeness (QED) is 0.617. The van der Waals surface area contributed by atoms with Crippen LogP contribution in [0.1, 0.15) is 18.2 Å². The number of pyridine rings is 1. The van der Waals surface area contributed by atoms with Crippen LogP contribution in [0.3, 0.4) is 0 Å². The van der Waals surface area contributed by atoms with E-state index in [1.165, 1.54) is 10.6 Å². The second-order valence-corrected chi connectivity index (χ2v) is 9.17. The van der Waals surface area contributed by atoms with Gasteiger partial charge in [-0.15, -0.1) is 0 Å². The maximum absolute atomic E-state index is 12.2. The number of aryl methyl sites for hydroxylation is 2. The number of hydrogen-bond donors (Lipinski definition) is 0. The first-order valence-electron chi connectivity index (χ1n) is 9.13. The lowest BCUT2D eigenvalue weighted by Gasteiger charge is -2.12. The first-order chi connectivity index (χ1) is 13.7. The predicted octanol–water partition coefficient (Wildman–Crippen LogP) is 2.76. The Bertz CT molecular complexity index is 1220. The summed E-state index contributed by atoms with van der Waals surface area (Å²) in [6, 6.07) is 10.4. The minimum Gasteiger partial charge on any atom is -0.496 e. The summed E-state index contributed by atoms with van der Waals surface area (Å²) in [4.78, 5) is 20.9. The minimum absolute atomic E-state index is 0.0231. The zero-order valence-corrected chi connectivity index (χ0v) is 17.7. The molecule has 2 heterocycles. The van der Waals surface area contributed by atoms with E-state index in [-0.39, 0.29) is 17.1 Å². The molecule has 1 aromatic carbocycles. The third-order valence-corrected chi connectivity index (χ3v) is 6.18. The van der Waals surface area contributed by atoms with Crippen LogP contribution in [0.25, 0.3) is 22.6 Å². The molecule has 0 spiro atoms. The summed E-state index contributed by atoms with van der Waals surface area (Å²) in [5, 5.41) is 0. The van der Waals surface area contributed by atoms with Crippen LogP contribution < -0.4 is 10.3 Å². The molecule has 29 heavy (non-hydrogen) atoms. The largest absolute Gasteiger partial charge is 0.496 e. The Balaban J connectivity index is 2.24. The molecule has 152 valence electrons. The van der Waals surface area contributed by atoms with Gasteiger partial charge in [-0.1, -0.05) is 18.6 Å². The highest BCUT2D eigenvalue weighted by Crippen LogP contribution is 2.30. The molecule has 7 nitrogen and oxygen atoms in total. The summed E-state index contributed by atoms with van der Waals surface area (Å²) in [7, 11) is -0.0702. The van der Waals surface area contributed by atoms with E-state index in [0.29, 0.717) is 34.1 Å². The van der Waals surface area contributed by atoms with Crippen LogP contribution >= 0.6 is 0 Å². The molecule has 2 aromatic heterocycles. The molecule has 0 fully saturated rings. The van der Waals surface area contributed by atoms with Crippen LogP contribution in [0.5, 0.6) is 5.75 Å². The van der Waals surface area contributed by atoms with E-state index in [1.54, 1.807) is 39.4 Å². The Morgan fingerprint density at radius 3 is 2.52 bits per heavy atom. The Hall–Kier alpha value is -3.00. The van der Waals surface area contributed by atoms with Gasteiger partial charge in [0.2, 0.25) is 5.56 Å². The van der Waals surface area contributed by atoms with Gasteiger partial charge in [0, 0.05) is 30.6 Å². The predicted molar refractivity (Wildman–Crippen MR) is 113 cm³/mol. The van der Waals surface area contributed by atoms with E-state index in [1.807, 2.05) is 25.1 Å². The molecule has 0 saturated heterocycles. The highest BCUT2D eigenvalue weighted by Gasteiger charge is 2.17. The van der Waals surface area contributed by atoms with Crippen molar-refractivity contribution in [3.63, 3.8) is 0 Å². The molecule has 0 aliphatic rings. The molecule has 0 aliphatic heterocycles. The number of nitrogens with zero attached hydrogens (tertiary/aromatic N) is 3. The lowest BCUT2D eigenvalue weighted by molar-refractivity contribution is 0.416. The maximum atomic E-state index is 12.2. The van der Waals surface area contributed by atoms with Crippen LogP contribution in [-0.4, -0.2) is 35.8 Å². The topological polar surface area (TPSA) is 91.2 Å². The third kappa shape index (κ3) is 4.71. The van der Waals surface area contributed by atoms with Crippen molar-refractivity contribution in [1.82, 2.24) is 14.5 Å². The van der Waals surface area contributed by atoms with Crippen molar-refractivity contribution in [1.29, 1.82) is 0 Å². The molecule has 0 radical (unpaired) electrons. The van der Waals surface area contributed by atoms with Gasteiger partial charge in [0.15, 0.2) is 15.7 Å². The summed E-state index contributed by atoms with van der Waals surface area (Å²) in [5.74, 6) is 0.803. The molecular formula is C21H23N3O4S. The smallest absolute Gasteiger partial charge is 0.250 e. The van der Waals surface area contributed by atoms with E-state index in [2.05, 4.69) is 9.97 Å². The van der Waals surface area contributed by atoms with Gasteiger partial charge in [0.05, 0.1) is 29.8 Å². The van der Waals surface area contributed by atoms with Gasteiger partial charge < -0.3 is 9.30 Å². The van der Waals surface area contributed by atoms with Gasteiger partial charge in [-0.2, -0.15) is 0 Å². The summed E-state index contributed by atoms with van der Waals surface area (Å²) >= 11 is 0. The average Bonchev–Trinajstić information content (AvgIpc) is 2.69.